The second-order valence-electron chi connectivity index (χ2n) is 7.58. The van der Waals surface area contributed by atoms with Crippen LogP contribution in [-0.4, -0.2) is 34.8 Å². The molecule has 0 spiro atoms. The van der Waals surface area contributed by atoms with Crippen LogP contribution in [0.25, 0.3) is 11.4 Å². The molecule has 1 heterocycles. The molecule has 1 aromatic heterocycles. The number of aromatic nitrogens is 3. The Kier molecular flexibility index (Phi) is 6.17. The van der Waals surface area contributed by atoms with E-state index in [1.54, 1.807) is 18.0 Å². The number of H-pyrrole nitrogens is 1. The molecule has 2 aromatic carbocycles. The maximum Gasteiger partial charge on any atom is 0.216 e. The Morgan fingerprint density at radius 1 is 1.14 bits per heavy atom. The van der Waals surface area contributed by atoms with Gasteiger partial charge < -0.3 is 9.47 Å². The quantitative estimate of drug-likeness (QED) is 0.448. The summed E-state index contributed by atoms with van der Waals surface area (Å²) in [5.74, 6) is 2.01. The highest BCUT2D eigenvalue weighted by molar-refractivity contribution is 7.71. The molecule has 0 aliphatic carbocycles. The molecule has 0 fully saturated rings. The fraction of sp³-hybridized carbons (Fsp3) is 0.318. The van der Waals surface area contributed by atoms with Crippen LogP contribution in [-0.2, 0) is 5.41 Å². The first-order chi connectivity index (χ1) is 13.8. The van der Waals surface area contributed by atoms with Crippen LogP contribution in [0, 0.1) is 4.77 Å². The van der Waals surface area contributed by atoms with Crippen molar-refractivity contribution in [2.75, 3.05) is 13.7 Å². The van der Waals surface area contributed by atoms with Crippen molar-refractivity contribution in [3.63, 3.8) is 0 Å². The third-order valence-electron chi connectivity index (χ3n) is 4.47. The van der Waals surface area contributed by atoms with Gasteiger partial charge in [-0.05, 0) is 53.9 Å². The Hall–Kier alpha value is -2.93. The Morgan fingerprint density at radius 3 is 2.48 bits per heavy atom. The number of benzene rings is 2. The lowest BCUT2D eigenvalue weighted by Gasteiger charge is -2.18. The van der Waals surface area contributed by atoms with Gasteiger partial charge in [-0.15, -0.1) is 0 Å². The normalized spacial score (nSPS) is 11.8. The largest absolute Gasteiger partial charge is 0.493 e. The summed E-state index contributed by atoms with van der Waals surface area (Å²) in [5.41, 5.74) is 3.15. The predicted molar refractivity (Wildman–Crippen MR) is 119 cm³/mol. The van der Waals surface area contributed by atoms with Gasteiger partial charge in [0.1, 0.15) is 0 Å². The molecule has 0 bridgehead atoms. The molecule has 0 unspecified atom stereocenters. The van der Waals surface area contributed by atoms with Crippen LogP contribution < -0.4 is 9.47 Å². The zero-order valence-electron chi connectivity index (χ0n) is 17.4. The summed E-state index contributed by atoms with van der Waals surface area (Å²) in [6, 6.07) is 13.9. The van der Waals surface area contributed by atoms with Crippen molar-refractivity contribution in [3.8, 4) is 22.9 Å². The zero-order chi connectivity index (χ0) is 21.0. The van der Waals surface area contributed by atoms with Crippen molar-refractivity contribution in [2.24, 2.45) is 5.10 Å². The lowest BCUT2D eigenvalue weighted by molar-refractivity contribution is 0.311. The molecular formula is C22H26N4O2S. The molecule has 152 valence electrons. The molecule has 6 nitrogen and oxygen atoms in total. The van der Waals surface area contributed by atoms with Crippen molar-refractivity contribution in [1.29, 1.82) is 0 Å². The van der Waals surface area contributed by atoms with E-state index in [-0.39, 0.29) is 5.41 Å². The molecule has 0 saturated carbocycles. The number of nitrogens with one attached hydrogen (secondary N) is 1. The van der Waals surface area contributed by atoms with Gasteiger partial charge in [0.25, 0.3) is 0 Å². The Labute approximate surface area is 176 Å². The molecule has 0 aliphatic rings. The first kappa shape index (κ1) is 20.8. The summed E-state index contributed by atoms with van der Waals surface area (Å²) in [6.07, 6.45) is 1.72. The van der Waals surface area contributed by atoms with E-state index in [9.17, 15) is 0 Å². The molecule has 7 heteroatoms. The predicted octanol–water partition coefficient (Wildman–Crippen LogP) is 5.19. The van der Waals surface area contributed by atoms with Crippen LogP contribution in [0.5, 0.6) is 11.5 Å². The number of rotatable bonds is 6. The summed E-state index contributed by atoms with van der Waals surface area (Å²) in [4.78, 5) is 0. The monoisotopic (exact) mass is 410 g/mol. The van der Waals surface area contributed by atoms with Gasteiger partial charge in [-0.3, -0.25) is 0 Å². The summed E-state index contributed by atoms with van der Waals surface area (Å²) in [5, 5.41) is 11.7. The van der Waals surface area contributed by atoms with Gasteiger partial charge in [-0.25, -0.2) is 5.10 Å². The van der Waals surface area contributed by atoms with E-state index in [4.69, 9.17) is 21.7 Å². The van der Waals surface area contributed by atoms with E-state index < -0.39 is 0 Å². The van der Waals surface area contributed by atoms with Crippen LogP contribution in [0.2, 0.25) is 0 Å². The minimum absolute atomic E-state index is 0.0914. The van der Waals surface area contributed by atoms with Crippen LogP contribution in [0.1, 0.15) is 38.8 Å². The summed E-state index contributed by atoms with van der Waals surface area (Å²) >= 11 is 5.36. The highest BCUT2D eigenvalue weighted by Crippen LogP contribution is 2.28. The van der Waals surface area contributed by atoms with Crippen molar-refractivity contribution in [2.45, 2.75) is 33.1 Å². The molecule has 0 amide bonds. The summed E-state index contributed by atoms with van der Waals surface area (Å²) < 4.78 is 13.0. The van der Waals surface area contributed by atoms with Gasteiger partial charge in [0.05, 0.1) is 19.9 Å². The second-order valence-corrected chi connectivity index (χ2v) is 7.97. The SMILES string of the molecule is CCOc1ccc(/C=N/n2c(-c3ccc(C(C)(C)C)cc3)n[nH]c2=S)cc1OC. The molecule has 3 aromatic rings. The van der Waals surface area contributed by atoms with E-state index in [0.717, 1.165) is 11.1 Å². The Bertz CT molecular complexity index is 1060. The van der Waals surface area contributed by atoms with Crippen molar-refractivity contribution < 1.29 is 9.47 Å². The summed E-state index contributed by atoms with van der Waals surface area (Å²) in [7, 11) is 1.62. The minimum atomic E-state index is 0.0914. The number of aromatic amines is 1. The lowest BCUT2D eigenvalue weighted by Crippen LogP contribution is -2.10. The highest BCUT2D eigenvalue weighted by atomic mass is 32.1. The van der Waals surface area contributed by atoms with Gasteiger partial charge >= 0.3 is 0 Å². The fourth-order valence-corrected chi connectivity index (χ4v) is 3.05. The average Bonchev–Trinajstić information content (AvgIpc) is 3.07. The first-order valence-corrected chi connectivity index (χ1v) is 9.88. The molecule has 0 radical (unpaired) electrons. The summed E-state index contributed by atoms with van der Waals surface area (Å²) in [6.45, 7) is 9.07. The molecule has 1 N–H and O–H groups in total. The first-order valence-electron chi connectivity index (χ1n) is 9.47. The smallest absolute Gasteiger partial charge is 0.216 e. The van der Waals surface area contributed by atoms with E-state index >= 15 is 0 Å². The van der Waals surface area contributed by atoms with E-state index in [1.165, 1.54) is 5.56 Å². The minimum Gasteiger partial charge on any atom is -0.493 e. The van der Waals surface area contributed by atoms with Gasteiger partial charge in [-0.2, -0.15) is 14.9 Å². The van der Waals surface area contributed by atoms with E-state index in [0.29, 0.717) is 28.7 Å². The topological polar surface area (TPSA) is 64.4 Å². The maximum atomic E-state index is 5.56. The Morgan fingerprint density at radius 2 is 1.86 bits per heavy atom. The molecule has 0 atom stereocenters. The number of ether oxygens (including phenoxy) is 2. The molecule has 0 aliphatic heterocycles. The highest BCUT2D eigenvalue weighted by Gasteiger charge is 2.15. The van der Waals surface area contributed by atoms with Crippen LogP contribution in [0.15, 0.2) is 47.6 Å². The number of nitrogens with zero attached hydrogens (tertiary/aromatic N) is 3. The van der Waals surface area contributed by atoms with E-state index in [1.807, 2.05) is 37.3 Å². The van der Waals surface area contributed by atoms with Gasteiger partial charge in [-0.1, -0.05) is 45.0 Å². The number of hydrogen-bond donors (Lipinski definition) is 1. The Balaban J connectivity index is 1.91. The third-order valence-corrected chi connectivity index (χ3v) is 4.73. The number of hydrogen-bond acceptors (Lipinski definition) is 5. The van der Waals surface area contributed by atoms with Crippen molar-refractivity contribution in [3.05, 3.63) is 58.4 Å². The number of methoxy groups -OCH3 is 1. The molecular weight excluding hydrogens is 384 g/mol. The van der Waals surface area contributed by atoms with Crippen LogP contribution >= 0.6 is 12.2 Å². The third kappa shape index (κ3) is 4.74. The molecule has 0 saturated heterocycles. The van der Waals surface area contributed by atoms with Crippen LogP contribution in [0.4, 0.5) is 0 Å². The fourth-order valence-electron chi connectivity index (χ4n) is 2.87. The molecule has 29 heavy (non-hydrogen) atoms. The van der Waals surface area contributed by atoms with Crippen molar-refractivity contribution in [1.82, 2.24) is 14.9 Å². The zero-order valence-corrected chi connectivity index (χ0v) is 18.2. The van der Waals surface area contributed by atoms with Gasteiger partial charge in [0, 0.05) is 5.56 Å². The second kappa shape index (κ2) is 8.61. The lowest BCUT2D eigenvalue weighted by atomic mass is 9.87. The van der Waals surface area contributed by atoms with Gasteiger partial charge in [0.15, 0.2) is 17.3 Å². The maximum absolute atomic E-state index is 5.56. The van der Waals surface area contributed by atoms with Gasteiger partial charge in [0.2, 0.25) is 4.77 Å². The average molecular weight is 411 g/mol. The molecule has 3 rings (SSSR count). The van der Waals surface area contributed by atoms with Crippen LogP contribution in [0.3, 0.4) is 0 Å². The standard InChI is InChI=1S/C22H26N4O2S/c1-6-28-18-12-7-15(13-19(18)27-5)14-23-26-20(24-25-21(26)29)16-8-10-17(11-9-16)22(2,3)4/h7-14H,6H2,1-5H3,(H,25,29)/b23-14+. The van der Waals surface area contributed by atoms with E-state index in [2.05, 4.69) is 48.2 Å². The van der Waals surface area contributed by atoms with Crippen molar-refractivity contribution >= 4 is 18.4 Å².